The van der Waals surface area contributed by atoms with Crippen molar-refractivity contribution in [3.8, 4) is 5.75 Å². The molecule has 0 spiro atoms. The SMILES string of the molecule is NC1CCC(Oc2ccccc2)CC1C(=O)O. The van der Waals surface area contributed by atoms with Gasteiger partial charge < -0.3 is 15.6 Å². The van der Waals surface area contributed by atoms with Crippen LogP contribution in [0.3, 0.4) is 0 Å². The standard InChI is InChI=1S/C13H17NO3/c14-12-7-6-10(8-11(12)13(15)16)17-9-4-2-1-3-5-9/h1-5,10-12H,6-8,14H2,(H,15,16). The second kappa shape index (κ2) is 5.19. The zero-order chi connectivity index (χ0) is 12.3. The smallest absolute Gasteiger partial charge is 0.308 e. The molecule has 0 amide bonds. The van der Waals surface area contributed by atoms with Gasteiger partial charge in [-0.15, -0.1) is 0 Å². The summed E-state index contributed by atoms with van der Waals surface area (Å²) in [4.78, 5) is 11.0. The minimum Gasteiger partial charge on any atom is -0.490 e. The van der Waals surface area contributed by atoms with Crippen LogP contribution in [0.25, 0.3) is 0 Å². The monoisotopic (exact) mass is 235 g/mol. The largest absolute Gasteiger partial charge is 0.490 e. The molecule has 0 saturated heterocycles. The summed E-state index contributed by atoms with van der Waals surface area (Å²) in [6, 6.07) is 9.23. The number of hydrogen-bond donors (Lipinski definition) is 2. The molecule has 17 heavy (non-hydrogen) atoms. The Hall–Kier alpha value is -1.55. The number of benzene rings is 1. The molecule has 1 aliphatic rings. The van der Waals surface area contributed by atoms with Crippen molar-refractivity contribution < 1.29 is 14.6 Å². The highest BCUT2D eigenvalue weighted by Gasteiger charge is 2.34. The number of nitrogens with two attached hydrogens (primary N) is 1. The molecule has 2 rings (SSSR count). The summed E-state index contributed by atoms with van der Waals surface area (Å²) in [5, 5.41) is 9.06. The van der Waals surface area contributed by atoms with E-state index in [0.717, 1.165) is 12.2 Å². The molecule has 4 nitrogen and oxygen atoms in total. The van der Waals surface area contributed by atoms with Gasteiger partial charge in [0.1, 0.15) is 5.75 Å². The van der Waals surface area contributed by atoms with E-state index < -0.39 is 11.9 Å². The fraction of sp³-hybridized carbons (Fsp3) is 0.462. The van der Waals surface area contributed by atoms with Gasteiger partial charge in [0.2, 0.25) is 0 Å². The van der Waals surface area contributed by atoms with E-state index in [4.69, 9.17) is 15.6 Å². The summed E-state index contributed by atoms with van der Waals surface area (Å²) in [5.41, 5.74) is 5.80. The topological polar surface area (TPSA) is 72.5 Å². The van der Waals surface area contributed by atoms with Crippen LogP contribution in [0.15, 0.2) is 30.3 Å². The highest BCUT2D eigenvalue weighted by molar-refractivity contribution is 5.71. The minimum absolute atomic E-state index is 0.0432. The Morgan fingerprint density at radius 1 is 1.29 bits per heavy atom. The van der Waals surface area contributed by atoms with E-state index in [2.05, 4.69) is 0 Å². The van der Waals surface area contributed by atoms with Gasteiger partial charge in [0, 0.05) is 6.04 Å². The molecule has 0 aliphatic heterocycles. The molecule has 92 valence electrons. The van der Waals surface area contributed by atoms with Gasteiger partial charge in [0.05, 0.1) is 12.0 Å². The lowest BCUT2D eigenvalue weighted by Gasteiger charge is -2.31. The highest BCUT2D eigenvalue weighted by Crippen LogP contribution is 2.27. The lowest BCUT2D eigenvalue weighted by atomic mass is 9.83. The third-order valence-electron chi connectivity index (χ3n) is 3.22. The normalized spacial score (nSPS) is 28.6. The van der Waals surface area contributed by atoms with Crippen molar-refractivity contribution in [3.05, 3.63) is 30.3 Å². The Morgan fingerprint density at radius 3 is 2.65 bits per heavy atom. The summed E-state index contributed by atoms with van der Waals surface area (Å²) in [5.74, 6) is -0.520. The van der Waals surface area contributed by atoms with Gasteiger partial charge in [-0.25, -0.2) is 0 Å². The summed E-state index contributed by atoms with van der Waals surface area (Å²) in [6.07, 6.45) is 1.97. The quantitative estimate of drug-likeness (QED) is 0.835. The van der Waals surface area contributed by atoms with Crippen LogP contribution in [-0.2, 0) is 4.79 Å². The van der Waals surface area contributed by atoms with Crippen molar-refractivity contribution in [3.63, 3.8) is 0 Å². The molecule has 3 N–H and O–H groups in total. The Morgan fingerprint density at radius 2 is 2.00 bits per heavy atom. The minimum atomic E-state index is -0.820. The number of rotatable bonds is 3. The predicted octanol–water partition coefficient (Wildman–Crippen LogP) is 1.65. The Labute approximate surface area is 100 Å². The summed E-state index contributed by atoms with van der Waals surface area (Å²) >= 11 is 0. The van der Waals surface area contributed by atoms with Crippen LogP contribution in [0, 0.1) is 5.92 Å². The second-order valence-corrected chi connectivity index (χ2v) is 4.47. The van der Waals surface area contributed by atoms with Gasteiger partial charge in [-0.3, -0.25) is 4.79 Å². The van der Waals surface area contributed by atoms with Crippen molar-refractivity contribution in [2.24, 2.45) is 11.7 Å². The Balaban J connectivity index is 1.97. The number of carboxylic acids is 1. The zero-order valence-electron chi connectivity index (χ0n) is 9.58. The lowest BCUT2D eigenvalue weighted by molar-refractivity contribution is -0.144. The maximum atomic E-state index is 11.0. The first-order valence-corrected chi connectivity index (χ1v) is 5.87. The van der Waals surface area contributed by atoms with E-state index in [-0.39, 0.29) is 12.1 Å². The van der Waals surface area contributed by atoms with Crippen LogP contribution in [0.4, 0.5) is 0 Å². The molecule has 0 heterocycles. The van der Waals surface area contributed by atoms with E-state index in [1.54, 1.807) is 0 Å². The summed E-state index contributed by atoms with van der Waals surface area (Å²) in [6.45, 7) is 0. The van der Waals surface area contributed by atoms with Gasteiger partial charge in [-0.05, 0) is 31.4 Å². The van der Waals surface area contributed by atoms with Gasteiger partial charge in [0.15, 0.2) is 0 Å². The van der Waals surface area contributed by atoms with Gasteiger partial charge >= 0.3 is 5.97 Å². The van der Waals surface area contributed by atoms with Crippen LogP contribution in [-0.4, -0.2) is 23.2 Å². The molecule has 4 heteroatoms. The van der Waals surface area contributed by atoms with Crippen LogP contribution in [0.5, 0.6) is 5.75 Å². The fourth-order valence-electron chi connectivity index (χ4n) is 2.24. The van der Waals surface area contributed by atoms with E-state index in [9.17, 15) is 4.79 Å². The van der Waals surface area contributed by atoms with E-state index in [1.807, 2.05) is 30.3 Å². The molecule has 1 aromatic carbocycles. The molecule has 3 atom stereocenters. The van der Waals surface area contributed by atoms with Crippen LogP contribution in [0.1, 0.15) is 19.3 Å². The molecule has 0 aromatic heterocycles. The number of aliphatic carboxylic acids is 1. The fourth-order valence-corrected chi connectivity index (χ4v) is 2.24. The van der Waals surface area contributed by atoms with Gasteiger partial charge in [-0.1, -0.05) is 18.2 Å². The van der Waals surface area contributed by atoms with Gasteiger partial charge in [0.25, 0.3) is 0 Å². The third kappa shape index (κ3) is 2.97. The number of para-hydroxylation sites is 1. The lowest BCUT2D eigenvalue weighted by Crippen LogP contribution is -2.43. The Bertz CT molecular complexity index is 380. The summed E-state index contributed by atoms with van der Waals surface area (Å²) in [7, 11) is 0. The molecular weight excluding hydrogens is 218 g/mol. The maximum absolute atomic E-state index is 11.0. The molecule has 1 saturated carbocycles. The number of ether oxygens (including phenoxy) is 1. The average Bonchev–Trinajstić information content (AvgIpc) is 2.32. The highest BCUT2D eigenvalue weighted by atomic mass is 16.5. The molecule has 0 radical (unpaired) electrons. The molecule has 0 bridgehead atoms. The van der Waals surface area contributed by atoms with Crippen LogP contribution in [0.2, 0.25) is 0 Å². The van der Waals surface area contributed by atoms with Crippen molar-refractivity contribution >= 4 is 5.97 Å². The predicted molar refractivity (Wildman–Crippen MR) is 63.8 cm³/mol. The second-order valence-electron chi connectivity index (χ2n) is 4.47. The molecular formula is C13H17NO3. The molecule has 1 aliphatic carbocycles. The van der Waals surface area contributed by atoms with Crippen LogP contribution >= 0.6 is 0 Å². The molecule has 1 fully saturated rings. The third-order valence-corrected chi connectivity index (χ3v) is 3.22. The Kier molecular flexibility index (Phi) is 3.64. The van der Waals surface area contributed by atoms with Crippen molar-refractivity contribution in [2.45, 2.75) is 31.4 Å². The zero-order valence-corrected chi connectivity index (χ0v) is 9.58. The number of carboxylic acid groups (broad SMARTS) is 1. The number of hydrogen-bond acceptors (Lipinski definition) is 3. The van der Waals surface area contributed by atoms with Gasteiger partial charge in [-0.2, -0.15) is 0 Å². The first kappa shape index (κ1) is 11.9. The van der Waals surface area contributed by atoms with Crippen LogP contribution < -0.4 is 10.5 Å². The average molecular weight is 235 g/mol. The van der Waals surface area contributed by atoms with E-state index in [1.165, 1.54) is 0 Å². The number of carbonyl (C=O) groups is 1. The summed E-state index contributed by atoms with van der Waals surface area (Å²) < 4.78 is 5.77. The van der Waals surface area contributed by atoms with Crippen molar-refractivity contribution in [2.75, 3.05) is 0 Å². The first-order chi connectivity index (χ1) is 8.16. The molecule has 3 unspecified atom stereocenters. The maximum Gasteiger partial charge on any atom is 0.308 e. The first-order valence-electron chi connectivity index (χ1n) is 5.87. The van der Waals surface area contributed by atoms with E-state index in [0.29, 0.717) is 12.8 Å². The molecule has 1 aromatic rings. The van der Waals surface area contributed by atoms with Crippen molar-refractivity contribution in [1.29, 1.82) is 0 Å². The van der Waals surface area contributed by atoms with E-state index >= 15 is 0 Å². The van der Waals surface area contributed by atoms with Crippen molar-refractivity contribution in [1.82, 2.24) is 0 Å².